The van der Waals surface area contributed by atoms with Gasteiger partial charge in [0.05, 0.1) is 13.2 Å². The lowest BCUT2D eigenvalue weighted by Crippen LogP contribution is -3.14. The molecule has 1 atom stereocenters. The number of quaternary nitrogens is 1. The fraction of sp³-hybridized carbons (Fsp3) is 0.409. The molecule has 1 aliphatic heterocycles. The van der Waals surface area contributed by atoms with Gasteiger partial charge in [-0.05, 0) is 49.6 Å². The summed E-state index contributed by atoms with van der Waals surface area (Å²) in [6, 6.07) is 14.4. The Labute approximate surface area is 156 Å². The van der Waals surface area contributed by atoms with E-state index in [9.17, 15) is 4.79 Å². The molecule has 2 aromatic carbocycles. The molecule has 0 radical (unpaired) electrons. The molecule has 0 aromatic heterocycles. The number of nitrogens with one attached hydrogen (secondary N) is 2. The molecule has 0 saturated carbocycles. The average molecular weight is 353 g/mol. The van der Waals surface area contributed by atoms with E-state index in [4.69, 9.17) is 4.74 Å². The van der Waals surface area contributed by atoms with Gasteiger partial charge in [0.1, 0.15) is 25.7 Å². The first-order valence-corrected chi connectivity index (χ1v) is 9.39. The summed E-state index contributed by atoms with van der Waals surface area (Å²) >= 11 is 0. The molecule has 2 N–H and O–H groups in total. The number of hydrogen-bond donors (Lipinski definition) is 2. The summed E-state index contributed by atoms with van der Waals surface area (Å²) in [6.45, 7) is 10.6. The second-order valence-electron chi connectivity index (χ2n) is 7.30. The molecular weight excluding hydrogens is 324 g/mol. The quantitative estimate of drug-likeness (QED) is 0.863. The molecule has 2 aromatic rings. The van der Waals surface area contributed by atoms with E-state index in [-0.39, 0.29) is 11.9 Å². The van der Waals surface area contributed by atoms with Crippen molar-refractivity contribution in [1.82, 2.24) is 5.32 Å². The number of aryl methyl sites for hydroxylation is 3. The van der Waals surface area contributed by atoms with Crippen LogP contribution in [0.15, 0.2) is 42.5 Å². The predicted octanol–water partition coefficient (Wildman–Crippen LogP) is 2.00. The summed E-state index contributed by atoms with van der Waals surface area (Å²) < 4.78 is 5.47. The molecule has 0 spiro atoms. The Balaban J connectivity index is 1.78. The molecule has 3 rings (SSSR count). The summed E-state index contributed by atoms with van der Waals surface area (Å²) in [5.41, 5.74) is 5.46. The molecule has 4 nitrogen and oxygen atoms in total. The van der Waals surface area contributed by atoms with Gasteiger partial charge in [-0.15, -0.1) is 0 Å². The third-order valence-corrected chi connectivity index (χ3v) is 5.25. The Morgan fingerprint density at radius 2 is 1.73 bits per heavy atom. The summed E-state index contributed by atoms with van der Waals surface area (Å²) in [4.78, 5) is 14.3. The van der Waals surface area contributed by atoms with Crippen molar-refractivity contribution in [3.05, 3.63) is 70.3 Å². The van der Waals surface area contributed by atoms with Crippen molar-refractivity contribution >= 4 is 5.91 Å². The molecule has 0 aliphatic carbocycles. The Morgan fingerprint density at radius 1 is 1.04 bits per heavy atom. The van der Waals surface area contributed by atoms with Crippen LogP contribution in [0.3, 0.4) is 0 Å². The highest BCUT2D eigenvalue weighted by Crippen LogP contribution is 2.15. The normalized spacial score (nSPS) is 16.3. The second-order valence-corrected chi connectivity index (χ2v) is 7.30. The van der Waals surface area contributed by atoms with Crippen molar-refractivity contribution in [3.8, 4) is 0 Å². The third kappa shape index (κ3) is 4.71. The monoisotopic (exact) mass is 353 g/mol. The van der Waals surface area contributed by atoms with E-state index in [2.05, 4.69) is 43.4 Å². The summed E-state index contributed by atoms with van der Waals surface area (Å²) in [7, 11) is 0. The minimum absolute atomic E-state index is 0.00203. The maximum atomic E-state index is 12.9. The zero-order chi connectivity index (χ0) is 18.5. The first-order valence-electron chi connectivity index (χ1n) is 9.39. The van der Waals surface area contributed by atoms with Gasteiger partial charge in [0.25, 0.3) is 5.91 Å². The first-order chi connectivity index (χ1) is 12.5. The lowest BCUT2D eigenvalue weighted by molar-refractivity contribution is -0.909. The highest BCUT2D eigenvalue weighted by atomic mass is 16.5. The molecule has 1 aliphatic rings. The largest absolute Gasteiger partial charge is 0.370 e. The first kappa shape index (κ1) is 18.6. The van der Waals surface area contributed by atoms with E-state index in [0.717, 1.165) is 49.5 Å². The molecule has 26 heavy (non-hydrogen) atoms. The van der Waals surface area contributed by atoms with Gasteiger partial charge in [0.15, 0.2) is 0 Å². The van der Waals surface area contributed by atoms with E-state index in [0.29, 0.717) is 0 Å². The Hall–Kier alpha value is -2.17. The average Bonchev–Trinajstić information content (AvgIpc) is 2.65. The lowest BCUT2D eigenvalue weighted by Gasteiger charge is -2.28. The number of carbonyl (C=O) groups is 1. The van der Waals surface area contributed by atoms with Crippen LogP contribution >= 0.6 is 0 Å². The summed E-state index contributed by atoms with van der Waals surface area (Å²) in [5.74, 6) is -0.00802. The van der Waals surface area contributed by atoms with Crippen LogP contribution in [0.25, 0.3) is 0 Å². The van der Waals surface area contributed by atoms with Gasteiger partial charge in [-0.1, -0.05) is 35.9 Å². The zero-order valence-electron chi connectivity index (χ0n) is 16.0. The SMILES string of the molecule is Cc1ccc([C@@H](C[NH+]2CCOCC2)NC(=O)c2ccc(C)c(C)c2)cc1. The molecule has 1 amide bonds. The highest BCUT2D eigenvalue weighted by molar-refractivity contribution is 5.94. The Kier molecular flexibility index (Phi) is 6.07. The van der Waals surface area contributed by atoms with Gasteiger partial charge >= 0.3 is 0 Å². The fourth-order valence-electron chi connectivity index (χ4n) is 3.33. The van der Waals surface area contributed by atoms with Gasteiger partial charge in [0, 0.05) is 5.56 Å². The predicted molar refractivity (Wildman–Crippen MR) is 104 cm³/mol. The topological polar surface area (TPSA) is 42.8 Å². The molecular formula is C22H29N2O2+. The van der Waals surface area contributed by atoms with E-state index >= 15 is 0 Å². The number of rotatable bonds is 5. The fourth-order valence-corrected chi connectivity index (χ4v) is 3.33. The smallest absolute Gasteiger partial charge is 0.251 e. The number of benzene rings is 2. The number of amides is 1. The van der Waals surface area contributed by atoms with Crippen molar-refractivity contribution in [2.24, 2.45) is 0 Å². The molecule has 0 bridgehead atoms. The van der Waals surface area contributed by atoms with Crippen LogP contribution in [0, 0.1) is 20.8 Å². The van der Waals surface area contributed by atoms with E-state index in [1.807, 2.05) is 25.1 Å². The van der Waals surface area contributed by atoms with E-state index in [1.54, 1.807) is 0 Å². The van der Waals surface area contributed by atoms with E-state index in [1.165, 1.54) is 16.0 Å². The van der Waals surface area contributed by atoms with Crippen LogP contribution in [-0.4, -0.2) is 38.8 Å². The molecule has 4 heteroatoms. The van der Waals surface area contributed by atoms with Crippen LogP contribution in [0.4, 0.5) is 0 Å². The van der Waals surface area contributed by atoms with Crippen LogP contribution in [-0.2, 0) is 4.74 Å². The van der Waals surface area contributed by atoms with Crippen LogP contribution in [0.1, 0.15) is 38.7 Å². The van der Waals surface area contributed by atoms with Gasteiger partial charge in [0.2, 0.25) is 0 Å². The van der Waals surface area contributed by atoms with Crippen molar-refractivity contribution in [2.75, 3.05) is 32.8 Å². The van der Waals surface area contributed by atoms with Gasteiger partial charge in [-0.3, -0.25) is 4.79 Å². The number of ether oxygens (including phenoxy) is 1. The Bertz CT molecular complexity index is 749. The van der Waals surface area contributed by atoms with Gasteiger partial charge < -0.3 is 15.0 Å². The van der Waals surface area contributed by atoms with Crippen LogP contribution < -0.4 is 10.2 Å². The second kappa shape index (κ2) is 8.47. The minimum atomic E-state index is -0.00802. The Morgan fingerprint density at radius 3 is 2.38 bits per heavy atom. The lowest BCUT2D eigenvalue weighted by atomic mass is 10.0. The summed E-state index contributed by atoms with van der Waals surface area (Å²) in [6.07, 6.45) is 0. The van der Waals surface area contributed by atoms with Crippen molar-refractivity contribution < 1.29 is 14.4 Å². The highest BCUT2D eigenvalue weighted by Gasteiger charge is 2.23. The van der Waals surface area contributed by atoms with Crippen molar-refractivity contribution in [2.45, 2.75) is 26.8 Å². The molecule has 1 saturated heterocycles. The summed E-state index contributed by atoms with van der Waals surface area (Å²) in [5, 5.41) is 3.26. The van der Waals surface area contributed by atoms with Crippen molar-refractivity contribution in [1.29, 1.82) is 0 Å². The maximum Gasteiger partial charge on any atom is 0.251 e. The van der Waals surface area contributed by atoms with Crippen LogP contribution in [0.5, 0.6) is 0 Å². The molecule has 0 unspecified atom stereocenters. The van der Waals surface area contributed by atoms with Gasteiger partial charge in [-0.25, -0.2) is 0 Å². The number of morpholine rings is 1. The maximum absolute atomic E-state index is 12.9. The minimum Gasteiger partial charge on any atom is -0.370 e. The van der Waals surface area contributed by atoms with Crippen LogP contribution in [0.2, 0.25) is 0 Å². The van der Waals surface area contributed by atoms with Crippen molar-refractivity contribution in [3.63, 3.8) is 0 Å². The molecule has 1 heterocycles. The molecule has 138 valence electrons. The van der Waals surface area contributed by atoms with Gasteiger partial charge in [-0.2, -0.15) is 0 Å². The third-order valence-electron chi connectivity index (χ3n) is 5.25. The number of hydrogen-bond acceptors (Lipinski definition) is 2. The molecule has 1 fully saturated rings. The standard InChI is InChI=1S/C22H28N2O2/c1-16-4-7-19(8-5-16)21(15-24-10-12-26-13-11-24)23-22(25)20-9-6-17(2)18(3)14-20/h4-9,14,21H,10-13,15H2,1-3H3,(H,23,25)/p+1/t21-/m1/s1. The number of carbonyl (C=O) groups excluding carboxylic acids is 1. The zero-order valence-corrected chi connectivity index (χ0v) is 16.0. The van der Waals surface area contributed by atoms with E-state index < -0.39 is 0 Å².